The van der Waals surface area contributed by atoms with Gasteiger partial charge in [-0.3, -0.25) is 13.8 Å². The smallest absolute Gasteiger partial charge is 0.300 e. The molecule has 0 aliphatic carbocycles. The van der Waals surface area contributed by atoms with Crippen LogP contribution in [0.4, 0.5) is 0 Å². The predicted octanol–water partition coefficient (Wildman–Crippen LogP) is 3.88. The van der Waals surface area contributed by atoms with Crippen molar-refractivity contribution >= 4 is 17.4 Å². The zero-order valence-corrected chi connectivity index (χ0v) is 16.5. The van der Waals surface area contributed by atoms with E-state index < -0.39 is 0 Å². The number of hydrogen-bond acceptors (Lipinski definition) is 5. The van der Waals surface area contributed by atoms with Crippen LogP contribution < -0.4 is 10.3 Å². The zero-order valence-electron chi connectivity index (χ0n) is 15.7. The molecule has 0 radical (unpaired) electrons. The van der Waals surface area contributed by atoms with Crippen molar-refractivity contribution in [2.75, 3.05) is 6.61 Å². The Bertz CT molecular complexity index is 1170. The Morgan fingerprint density at radius 2 is 1.82 bits per heavy atom. The van der Waals surface area contributed by atoms with Crippen molar-refractivity contribution in [3.8, 4) is 11.4 Å². The van der Waals surface area contributed by atoms with E-state index in [9.17, 15) is 4.79 Å². The van der Waals surface area contributed by atoms with E-state index in [0.717, 1.165) is 17.2 Å². The number of nitrogens with zero attached hydrogens (tertiary/aromatic N) is 4. The van der Waals surface area contributed by atoms with Gasteiger partial charge in [-0.25, -0.2) is 0 Å². The standard InChI is InChI=1S/C21H20N4O2S/c1-3-27-18-10-8-17(9-11-18)24-12-13-25-19(20(24)26)22-23-21(25)28-14-16-7-5-4-6-15(16)2/h4-13H,3,14H2,1-2H3. The first-order valence-corrected chi connectivity index (χ1v) is 10.0. The van der Waals surface area contributed by atoms with Gasteiger partial charge in [-0.1, -0.05) is 36.0 Å². The maximum atomic E-state index is 12.9. The van der Waals surface area contributed by atoms with Crippen molar-refractivity contribution in [3.05, 3.63) is 82.4 Å². The molecule has 0 saturated heterocycles. The average Bonchev–Trinajstić information content (AvgIpc) is 3.13. The van der Waals surface area contributed by atoms with Gasteiger partial charge < -0.3 is 4.74 Å². The quantitative estimate of drug-likeness (QED) is 0.466. The van der Waals surface area contributed by atoms with Gasteiger partial charge >= 0.3 is 5.56 Å². The number of aromatic nitrogens is 4. The summed E-state index contributed by atoms with van der Waals surface area (Å²) in [5, 5.41) is 9.04. The van der Waals surface area contributed by atoms with Crippen LogP contribution >= 0.6 is 11.8 Å². The number of hydrogen-bond donors (Lipinski definition) is 0. The molecule has 0 aliphatic heterocycles. The lowest BCUT2D eigenvalue weighted by Gasteiger charge is -2.08. The second-order valence-corrected chi connectivity index (χ2v) is 7.23. The van der Waals surface area contributed by atoms with Crippen LogP contribution in [0.5, 0.6) is 5.75 Å². The number of rotatable bonds is 6. The maximum absolute atomic E-state index is 12.9. The second-order valence-electron chi connectivity index (χ2n) is 6.29. The molecular formula is C21H20N4O2S. The first kappa shape index (κ1) is 18.3. The van der Waals surface area contributed by atoms with Crippen molar-refractivity contribution in [1.29, 1.82) is 0 Å². The molecule has 0 aliphatic rings. The van der Waals surface area contributed by atoms with Gasteiger partial charge in [0.15, 0.2) is 5.16 Å². The van der Waals surface area contributed by atoms with Crippen LogP contribution in [-0.2, 0) is 5.75 Å². The third-order valence-corrected chi connectivity index (χ3v) is 5.48. The van der Waals surface area contributed by atoms with Gasteiger partial charge in [0.1, 0.15) is 5.75 Å². The summed E-state index contributed by atoms with van der Waals surface area (Å²) in [6.07, 6.45) is 3.57. The number of benzene rings is 2. The molecule has 0 bridgehead atoms. The van der Waals surface area contributed by atoms with E-state index in [-0.39, 0.29) is 5.56 Å². The fourth-order valence-corrected chi connectivity index (χ4v) is 3.95. The topological polar surface area (TPSA) is 61.4 Å². The van der Waals surface area contributed by atoms with E-state index >= 15 is 0 Å². The number of fused-ring (bicyclic) bond motifs is 1. The molecule has 4 aromatic rings. The molecular weight excluding hydrogens is 372 g/mol. The highest BCUT2D eigenvalue weighted by Gasteiger charge is 2.12. The summed E-state index contributed by atoms with van der Waals surface area (Å²) in [5.41, 5.74) is 3.34. The molecule has 0 amide bonds. The minimum Gasteiger partial charge on any atom is -0.494 e. The van der Waals surface area contributed by atoms with Gasteiger partial charge in [-0.05, 0) is 49.2 Å². The molecule has 4 rings (SSSR count). The Kier molecular flexibility index (Phi) is 5.16. The number of thioether (sulfide) groups is 1. The van der Waals surface area contributed by atoms with Gasteiger partial charge in [-0.2, -0.15) is 0 Å². The van der Waals surface area contributed by atoms with Crippen LogP contribution in [0, 0.1) is 6.92 Å². The molecule has 28 heavy (non-hydrogen) atoms. The van der Waals surface area contributed by atoms with Crippen LogP contribution in [0.15, 0.2) is 70.9 Å². The van der Waals surface area contributed by atoms with Crippen LogP contribution in [0.2, 0.25) is 0 Å². The predicted molar refractivity (Wildman–Crippen MR) is 110 cm³/mol. The normalized spacial score (nSPS) is 11.1. The fraction of sp³-hybridized carbons (Fsp3) is 0.190. The van der Waals surface area contributed by atoms with E-state index in [1.807, 2.05) is 49.5 Å². The largest absolute Gasteiger partial charge is 0.494 e. The third kappa shape index (κ3) is 3.53. The van der Waals surface area contributed by atoms with Gasteiger partial charge in [0.05, 0.1) is 6.61 Å². The molecule has 7 heteroatoms. The summed E-state index contributed by atoms with van der Waals surface area (Å²) in [4.78, 5) is 12.9. The Balaban J connectivity index is 1.62. The first-order chi connectivity index (χ1) is 13.7. The third-order valence-electron chi connectivity index (χ3n) is 4.48. The van der Waals surface area contributed by atoms with Gasteiger partial charge in [-0.15, -0.1) is 10.2 Å². The van der Waals surface area contributed by atoms with Crippen molar-refractivity contribution in [2.45, 2.75) is 24.8 Å². The fourth-order valence-electron chi connectivity index (χ4n) is 2.95. The molecule has 2 aromatic carbocycles. The molecule has 0 fully saturated rings. The molecule has 142 valence electrons. The van der Waals surface area contributed by atoms with E-state index in [0.29, 0.717) is 17.4 Å². The molecule has 2 aromatic heterocycles. The SMILES string of the molecule is CCOc1ccc(-n2ccn3c(SCc4ccccc4C)nnc3c2=O)cc1. The second kappa shape index (κ2) is 7.90. The summed E-state index contributed by atoms with van der Waals surface area (Å²) in [6, 6.07) is 15.7. The van der Waals surface area contributed by atoms with E-state index in [1.54, 1.807) is 26.9 Å². The molecule has 2 heterocycles. The monoisotopic (exact) mass is 392 g/mol. The van der Waals surface area contributed by atoms with Crippen molar-refractivity contribution in [2.24, 2.45) is 0 Å². The lowest BCUT2D eigenvalue weighted by atomic mass is 10.1. The minimum absolute atomic E-state index is 0.207. The van der Waals surface area contributed by atoms with E-state index in [2.05, 4.69) is 29.3 Å². The van der Waals surface area contributed by atoms with Crippen molar-refractivity contribution in [3.63, 3.8) is 0 Å². The highest BCUT2D eigenvalue weighted by molar-refractivity contribution is 7.98. The van der Waals surface area contributed by atoms with Crippen LogP contribution in [0.3, 0.4) is 0 Å². The van der Waals surface area contributed by atoms with E-state index in [1.165, 1.54) is 11.1 Å². The lowest BCUT2D eigenvalue weighted by Crippen LogP contribution is -2.20. The average molecular weight is 392 g/mol. The molecule has 0 spiro atoms. The highest BCUT2D eigenvalue weighted by atomic mass is 32.2. The van der Waals surface area contributed by atoms with Gasteiger partial charge in [0, 0.05) is 23.8 Å². The molecule has 6 nitrogen and oxygen atoms in total. The summed E-state index contributed by atoms with van der Waals surface area (Å²) < 4.78 is 8.77. The summed E-state index contributed by atoms with van der Waals surface area (Å²) in [6.45, 7) is 4.63. The molecule has 0 N–H and O–H groups in total. The van der Waals surface area contributed by atoms with Gasteiger partial charge in [0.25, 0.3) is 0 Å². The summed E-state index contributed by atoms with van der Waals surface area (Å²) in [5.74, 6) is 1.55. The summed E-state index contributed by atoms with van der Waals surface area (Å²) in [7, 11) is 0. The minimum atomic E-state index is -0.207. The lowest BCUT2D eigenvalue weighted by molar-refractivity contribution is 0.340. The van der Waals surface area contributed by atoms with E-state index in [4.69, 9.17) is 4.74 Å². The van der Waals surface area contributed by atoms with Crippen LogP contribution in [0.25, 0.3) is 11.3 Å². The molecule has 0 saturated carbocycles. The Hall–Kier alpha value is -3.06. The molecule has 0 atom stereocenters. The van der Waals surface area contributed by atoms with Crippen LogP contribution in [0.1, 0.15) is 18.1 Å². The Labute approximate surface area is 166 Å². The van der Waals surface area contributed by atoms with Gasteiger partial charge in [0.2, 0.25) is 5.65 Å². The zero-order chi connectivity index (χ0) is 19.5. The Morgan fingerprint density at radius 3 is 2.57 bits per heavy atom. The summed E-state index contributed by atoms with van der Waals surface area (Å²) >= 11 is 1.57. The van der Waals surface area contributed by atoms with Crippen LogP contribution in [-0.4, -0.2) is 25.8 Å². The maximum Gasteiger partial charge on any atom is 0.300 e. The van der Waals surface area contributed by atoms with Crippen molar-refractivity contribution in [1.82, 2.24) is 19.2 Å². The Morgan fingerprint density at radius 1 is 1.04 bits per heavy atom. The first-order valence-electron chi connectivity index (χ1n) is 9.04. The number of aryl methyl sites for hydroxylation is 1. The van der Waals surface area contributed by atoms with Crippen molar-refractivity contribution < 1.29 is 4.74 Å². The molecule has 0 unspecified atom stereocenters. The highest BCUT2D eigenvalue weighted by Crippen LogP contribution is 2.23. The number of ether oxygens (including phenoxy) is 1.